The number of carbonyl (C=O) groups excluding carboxylic acids is 2. The molecule has 5 nitrogen and oxygen atoms in total. The number of urea groups is 1. The number of halogens is 4. The topological polar surface area (TPSA) is 53.5 Å². The summed E-state index contributed by atoms with van der Waals surface area (Å²) in [6.45, 7) is 1.29. The van der Waals surface area contributed by atoms with Gasteiger partial charge >= 0.3 is 12.2 Å². The summed E-state index contributed by atoms with van der Waals surface area (Å²) in [5.41, 5.74) is -0.948. The molecule has 0 N–H and O–H groups in total. The number of nitrogens with zero attached hydrogens (tertiary/aromatic N) is 3. The zero-order valence-corrected chi connectivity index (χ0v) is 12.3. The van der Waals surface area contributed by atoms with Gasteiger partial charge in [0.2, 0.25) is 0 Å². The molecule has 1 fully saturated rings. The Morgan fingerprint density at radius 3 is 2.61 bits per heavy atom. The van der Waals surface area contributed by atoms with Crippen LogP contribution in [-0.2, 0) is 11.0 Å². The first kappa shape index (κ1) is 17.2. The lowest BCUT2D eigenvalue weighted by molar-refractivity contribution is -0.141. The second kappa shape index (κ2) is 6.51. The first-order chi connectivity index (χ1) is 10.8. The molecule has 0 unspecified atom stereocenters. The molecule has 1 saturated heterocycles. The minimum atomic E-state index is -4.58. The summed E-state index contributed by atoms with van der Waals surface area (Å²) in [7, 11) is 0. The number of aromatic nitrogens is 1. The Morgan fingerprint density at radius 1 is 1.43 bits per heavy atom. The maximum absolute atomic E-state index is 14.0. The van der Waals surface area contributed by atoms with Gasteiger partial charge < -0.3 is 9.69 Å². The lowest BCUT2D eigenvalue weighted by Gasteiger charge is -2.22. The van der Waals surface area contributed by atoms with Crippen LogP contribution in [0.2, 0.25) is 0 Å². The van der Waals surface area contributed by atoms with Gasteiger partial charge in [0.25, 0.3) is 0 Å². The second-order valence-electron chi connectivity index (χ2n) is 5.10. The van der Waals surface area contributed by atoms with Gasteiger partial charge in [-0.25, -0.2) is 14.2 Å². The predicted molar refractivity (Wildman–Crippen MR) is 73.7 cm³/mol. The molecular formula is C14H15F4N3O2. The number of pyridine rings is 1. The summed E-state index contributed by atoms with van der Waals surface area (Å²) < 4.78 is 51.5. The summed E-state index contributed by atoms with van der Waals surface area (Å²) in [4.78, 5) is 28.5. The van der Waals surface area contributed by atoms with Crippen molar-refractivity contribution in [1.29, 1.82) is 0 Å². The molecule has 126 valence electrons. The molecule has 23 heavy (non-hydrogen) atoms. The standard InChI is InChI=1S/C14H15F4N3O2/c1-2-10(15)11-8-21(13(23)20(11)5-6-22)9-3-4-12(19-7-9)14(16,17)18/h3-4,6-7,10-11H,2,5,8H2,1H3/t10-,11+/m0/s1. The van der Waals surface area contributed by atoms with Crippen molar-refractivity contribution in [3.8, 4) is 0 Å². The average molecular weight is 333 g/mol. The van der Waals surface area contributed by atoms with Crippen molar-refractivity contribution in [2.75, 3.05) is 18.0 Å². The molecule has 1 aliphatic heterocycles. The van der Waals surface area contributed by atoms with E-state index >= 15 is 0 Å². The normalized spacial score (nSPS) is 20.0. The third-order valence-electron chi connectivity index (χ3n) is 3.68. The first-order valence-corrected chi connectivity index (χ1v) is 6.98. The molecule has 1 aromatic rings. The van der Waals surface area contributed by atoms with Gasteiger partial charge in [0, 0.05) is 0 Å². The minimum absolute atomic E-state index is 0.0469. The quantitative estimate of drug-likeness (QED) is 0.615. The van der Waals surface area contributed by atoms with Crippen LogP contribution in [0.5, 0.6) is 0 Å². The van der Waals surface area contributed by atoms with Gasteiger partial charge in [-0.15, -0.1) is 0 Å². The Bertz CT molecular complexity index is 576. The van der Waals surface area contributed by atoms with E-state index in [9.17, 15) is 27.2 Å². The van der Waals surface area contributed by atoms with Crippen LogP contribution < -0.4 is 4.90 Å². The van der Waals surface area contributed by atoms with Crippen LogP contribution in [0.4, 0.5) is 28.0 Å². The molecule has 2 atom stereocenters. The summed E-state index contributed by atoms with van der Waals surface area (Å²) in [6.07, 6.45) is -4.34. The van der Waals surface area contributed by atoms with Crippen molar-refractivity contribution in [2.45, 2.75) is 31.7 Å². The number of aldehydes is 1. The van der Waals surface area contributed by atoms with E-state index in [2.05, 4.69) is 4.98 Å². The number of hydrogen-bond donors (Lipinski definition) is 0. The molecular weight excluding hydrogens is 318 g/mol. The molecule has 2 amide bonds. The van der Waals surface area contributed by atoms with Crippen molar-refractivity contribution in [1.82, 2.24) is 9.88 Å². The number of carbonyl (C=O) groups is 2. The second-order valence-corrected chi connectivity index (χ2v) is 5.10. The number of anilines is 1. The molecule has 0 spiro atoms. The van der Waals surface area contributed by atoms with Gasteiger partial charge in [0.15, 0.2) is 0 Å². The highest BCUT2D eigenvalue weighted by molar-refractivity contribution is 5.95. The summed E-state index contributed by atoms with van der Waals surface area (Å²) >= 11 is 0. The number of hydrogen-bond acceptors (Lipinski definition) is 3. The van der Waals surface area contributed by atoms with Crippen LogP contribution in [0.15, 0.2) is 18.3 Å². The van der Waals surface area contributed by atoms with Crippen LogP contribution in [0.3, 0.4) is 0 Å². The van der Waals surface area contributed by atoms with Crippen molar-refractivity contribution in [2.24, 2.45) is 0 Å². The van der Waals surface area contributed by atoms with Crippen molar-refractivity contribution >= 4 is 18.0 Å². The lowest BCUT2D eigenvalue weighted by atomic mass is 10.1. The number of amides is 2. The van der Waals surface area contributed by atoms with E-state index in [4.69, 9.17) is 0 Å². The molecule has 0 saturated carbocycles. The molecule has 0 aliphatic carbocycles. The van der Waals surface area contributed by atoms with E-state index in [1.54, 1.807) is 6.92 Å². The SMILES string of the molecule is CC[C@H](F)[C@H]1CN(c2ccc(C(F)(F)F)nc2)C(=O)N1CC=O. The van der Waals surface area contributed by atoms with Crippen LogP contribution in [0, 0.1) is 0 Å². The monoisotopic (exact) mass is 333 g/mol. The molecule has 0 bridgehead atoms. The third-order valence-corrected chi connectivity index (χ3v) is 3.68. The molecule has 0 radical (unpaired) electrons. The Kier molecular flexibility index (Phi) is 4.86. The fourth-order valence-electron chi connectivity index (χ4n) is 2.47. The van der Waals surface area contributed by atoms with E-state index in [1.165, 1.54) is 0 Å². The summed E-state index contributed by atoms with van der Waals surface area (Å²) in [6, 6.07) is 0.418. The first-order valence-electron chi connectivity index (χ1n) is 6.98. The average Bonchev–Trinajstić information content (AvgIpc) is 2.83. The van der Waals surface area contributed by atoms with Gasteiger partial charge in [0.1, 0.15) is 18.2 Å². The Morgan fingerprint density at radius 2 is 2.13 bits per heavy atom. The highest BCUT2D eigenvalue weighted by Crippen LogP contribution is 2.30. The third kappa shape index (κ3) is 3.43. The Balaban J connectivity index is 2.26. The van der Waals surface area contributed by atoms with Crippen LogP contribution in [0.25, 0.3) is 0 Å². The zero-order chi connectivity index (χ0) is 17.2. The molecule has 9 heteroatoms. The van der Waals surface area contributed by atoms with Crippen molar-refractivity contribution < 1.29 is 27.2 Å². The van der Waals surface area contributed by atoms with E-state index in [0.29, 0.717) is 6.29 Å². The molecule has 2 heterocycles. The Labute approximate surface area is 129 Å². The highest BCUT2D eigenvalue weighted by Gasteiger charge is 2.42. The fourth-order valence-corrected chi connectivity index (χ4v) is 2.47. The van der Waals surface area contributed by atoms with Crippen LogP contribution in [0.1, 0.15) is 19.0 Å². The largest absolute Gasteiger partial charge is 0.433 e. The van der Waals surface area contributed by atoms with E-state index in [-0.39, 0.29) is 25.2 Å². The van der Waals surface area contributed by atoms with Gasteiger partial charge in [-0.3, -0.25) is 4.90 Å². The highest BCUT2D eigenvalue weighted by atomic mass is 19.4. The maximum atomic E-state index is 14.0. The summed E-state index contributed by atoms with van der Waals surface area (Å²) in [5.74, 6) is 0. The maximum Gasteiger partial charge on any atom is 0.433 e. The molecule has 0 aromatic carbocycles. The lowest BCUT2D eigenvalue weighted by Crippen LogP contribution is -2.41. The molecule has 1 aromatic heterocycles. The van der Waals surface area contributed by atoms with Crippen LogP contribution >= 0.6 is 0 Å². The van der Waals surface area contributed by atoms with Gasteiger partial charge in [-0.05, 0) is 18.6 Å². The molecule has 1 aliphatic rings. The van der Waals surface area contributed by atoms with Crippen LogP contribution in [-0.4, -0.2) is 47.5 Å². The number of alkyl halides is 4. The van der Waals surface area contributed by atoms with Crippen molar-refractivity contribution in [3.63, 3.8) is 0 Å². The van der Waals surface area contributed by atoms with E-state index in [0.717, 1.165) is 28.1 Å². The van der Waals surface area contributed by atoms with Gasteiger partial charge in [-0.1, -0.05) is 6.92 Å². The van der Waals surface area contributed by atoms with Crippen molar-refractivity contribution in [3.05, 3.63) is 24.0 Å². The number of rotatable bonds is 5. The summed E-state index contributed by atoms with van der Waals surface area (Å²) in [5, 5.41) is 0. The van der Waals surface area contributed by atoms with Gasteiger partial charge in [-0.2, -0.15) is 13.2 Å². The Hall–Kier alpha value is -2.19. The zero-order valence-electron chi connectivity index (χ0n) is 12.3. The van der Waals surface area contributed by atoms with Gasteiger partial charge in [0.05, 0.1) is 31.0 Å². The predicted octanol–water partition coefficient (Wildman–Crippen LogP) is 2.66. The minimum Gasteiger partial charge on any atom is -0.310 e. The van der Waals surface area contributed by atoms with E-state index < -0.39 is 30.1 Å². The smallest absolute Gasteiger partial charge is 0.310 e. The molecule has 2 rings (SSSR count). The fraction of sp³-hybridized carbons (Fsp3) is 0.500. The van der Waals surface area contributed by atoms with E-state index in [1.807, 2.05) is 0 Å².